The second kappa shape index (κ2) is 9.90. The number of likely N-dealkylation sites (tertiary alicyclic amines) is 1. The highest BCUT2D eigenvalue weighted by Crippen LogP contribution is 2.19. The molecule has 0 spiro atoms. The van der Waals surface area contributed by atoms with Gasteiger partial charge in [-0.05, 0) is 57.8 Å². The second-order valence-electron chi connectivity index (χ2n) is 5.53. The molecule has 1 aliphatic heterocycles. The zero-order chi connectivity index (χ0) is 12.3. The van der Waals surface area contributed by atoms with Crippen LogP contribution in [0.25, 0.3) is 0 Å². The minimum absolute atomic E-state index is 0.994. The Bertz CT molecular complexity index is 170. The normalized spacial score (nSPS) is 21.2. The van der Waals surface area contributed by atoms with E-state index in [1.165, 1.54) is 77.7 Å². The van der Waals surface area contributed by atoms with E-state index in [4.69, 9.17) is 0 Å². The first-order valence-corrected chi connectivity index (χ1v) is 7.79. The summed E-state index contributed by atoms with van der Waals surface area (Å²) in [5.74, 6) is 0.994. The Morgan fingerprint density at radius 1 is 1.06 bits per heavy atom. The van der Waals surface area contributed by atoms with Crippen LogP contribution in [0.3, 0.4) is 0 Å². The molecule has 1 N–H and O–H groups in total. The summed E-state index contributed by atoms with van der Waals surface area (Å²) in [6.07, 6.45) is 9.66. The first kappa shape index (κ1) is 15.0. The lowest BCUT2D eigenvalue weighted by Gasteiger charge is -2.15. The van der Waals surface area contributed by atoms with Crippen LogP contribution in [0, 0.1) is 5.92 Å². The van der Waals surface area contributed by atoms with Gasteiger partial charge in [-0.3, -0.25) is 0 Å². The van der Waals surface area contributed by atoms with Gasteiger partial charge in [0.05, 0.1) is 0 Å². The summed E-state index contributed by atoms with van der Waals surface area (Å²) in [6.45, 7) is 11.0. The highest BCUT2D eigenvalue weighted by atomic mass is 15.1. The third kappa shape index (κ3) is 7.05. The molecular formula is C15H32N2. The molecule has 0 aromatic carbocycles. The van der Waals surface area contributed by atoms with Gasteiger partial charge in [-0.2, -0.15) is 0 Å². The van der Waals surface area contributed by atoms with E-state index in [9.17, 15) is 0 Å². The Balaban J connectivity index is 1.81. The highest BCUT2D eigenvalue weighted by Gasteiger charge is 2.19. The highest BCUT2D eigenvalue weighted by molar-refractivity contribution is 4.74. The number of hydrogen-bond acceptors (Lipinski definition) is 2. The second-order valence-corrected chi connectivity index (χ2v) is 5.53. The van der Waals surface area contributed by atoms with Crippen LogP contribution in [0.15, 0.2) is 0 Å². The first-order chi connectivity index (χ1) is 8.36. The van der Waals surface area contributed by atoms with Gasteiger partial charge in [0.2, 0.25) is 0 Å². The molecule has 0 radical (unpaired) electrons. The van der Waals surface area contributed by atoms with E-state index in [0.717, 1.165) is 5.92 Å². The predicted molar refractivity (Wildman–Crippen MR) is 76.5 cm³/mol. The number of nitrogens with zero attached hydrogens (tertiary/aromatic N) is 1. The largest absolute Gasteiger partial charge is 0.317 e. The van der Waals surface area contributed by atoms with Crippen LogP contribution in [-0.2, 0) is 0 Å². The smallest absolute Gasteiger partial charge is 0.00100 e. The quantitative estimate of drug-likeness (QED) is 0.590. The molecule has 0 aliphatic carbocycles. The van der Waals surface area contributed by atoms with Gasteiger partial charge in [0.15, 0.2) is 0 Å². The molecule has 2 nitrogen and oxygen atoms in total. The Labute approximate surface area is 108 Å². The monoisotopic (exact) mass is 240 g/mol. The molecule has 102 valence electrons. The topological polar surface area (TPSA) is 15.3 Å². The van der Waals surface area contributed by atoms with Crippen molar-refractivity contribution >= 4 is 0 Å². The van der Waals surface area contributed by atoms with Crippen molar-refractivity contribution in [2.24, 2.45) is 5.92 Å². The van der Waals surface area contributed by atoms with Crippen molar-refractivity contribution < 1.29 is 0 Å². The molecule has 1 rings (SSSR count). The zero-order valence-corrected chi connectivity index (χ0v) is 12.0. The van der Waals surface area contributed by atoms with Crippen molar-refractivity contribution in [2.75, 3.05) is 32.7 Å². The van der Waals surface area contributed by atoms with E-state index in [2.05, 4.69) is 24.1 Å². The van der Waals surface area contributed by atoms with Gasteiger partial charge in [-0.25, -0.2) is 0 Å². The number of unbranched alkanes of at least 4 members (excludes halogenated alkanes) is 3. The van der Waals surface area contributed by atoms with Crippen molar-refractivity contribution in [3.8, 4) is 0 Å². The number of hydrogen-bond donors (Lipinski definition) is 1. The van der Waals surface area contributed by atoms with Crippen molar-refractivity contribution in [1.82, 2.24) is 10.2 Å². The lowest BCUT2D eigenvalue weighted by molar-refractivity contribution is 0.313. The zero-order valence-electron chi connectivity index (χ0n) is 12.0. The minimum Gasteiger partial charge on any atom is -0.317 e. The van der Waals surface area contributed by atoms with Crippen LogP contribution in [0.2, 0.25) is 0 Å². The SMILES string of the molecule is CCCNCCCCCCN1CCC(CC)C1. The lowest BCUT2D eigenvalue weighted by atomic mass is 10.1. The fourth-order valence-corrected chi connectivity index (χ4v) is 2.69. The van der Waals surface area contributed by atoms with E-state index < -0.39 is 0 Å². The Kier molecular flexibility index (Phi) is 8.72. The van der Waals surface area contributed by atoms with E-state index in [1.807, 2.05) is 0 Å². The van der Waals surface area contributed by atoms with Crippen molar-refractivity contribution in [2.45, 2.75) is 58.8 Å². The summed E-state index contributed by atoms with van der Waals surface area (Å²) in [6, 6.07) is 0. The average Bonchev–Trinajstić information content (AvgIpc) is 2.80. The predicted octanol–water partition coefficient (Wildman–Crippen LogP) is 3.28. The van der Waals surface area contributed by atoms with Gasteiger partial charge in [0, 0.05) is 6.54 Å². The maximum atomic E-state index is 3.47. The molecule has 1 atom stereocenters. The number of rotatable bonds is 10. The van der Waals surface area contributed by atoms with Crippen LogP contribution in [0.5, 0.6) is 0 Å². The molecule has 17 heavy (non-hydrogen) atoms. The maximum Gasteiger partial charge on any atom is 0.00100 e. The molecule has 1 saturated heterocycles. The van der Waals surface area contributed by atoms with Gasteiger partial charge in [-0.1, -0.05) is 33.1 Å². The summed E-state index contributed by atoms with van der Waals surface area (Å²) in [4.78, 5) is 2.67. The molecule has 2 heteroatoms. The molecule has 0 bridgehead atoms. The van der Waals surface area contributed by atoms with Gasteiger partial charge in [0.25, 0.3) is 0 Å². The van der Waals surface area contributed by atoms with Crippen LogP contribution in [0.1, 0.15) is 58.8 Å². The van der Waals surface area contributed by atoms with E-state index >= 15 is 0 Å². The fourth-order valence-electron chi connectivity index (χ4n) is 2.69. The van der Waals surface area contributed by atoms with E-state index in [0.29, 0.717) is 0 Å². The first-order valence-electron chi connectivity index (χ1n) is 7.79. The summed E-state index contributed by atoms with van der Waals surface area (Å²) in [5, 5.41) is 3.47. The van der Waals surface area contributed by atoms with Crippen molar-refractivity contribution in [3.05, 3.63) is 0 Å². The molecule has 0 aromatic heterocycles. The third-order valence-electron chi connectivity index (χ3n) is 3.95. The van der Waals surface area contributed by atoms with Gasteiger partial charge >= 0.3 is 0 Å². The fraction of sp³-hybridized carbons (Fsp3) is 1.00. The Morgan fingerprint density at radius 3 is 2.59 bits per heavy atom. The molecule has 1 fully saturated rings. The lowest BCUT2D eigenvalue weighted by Crippen LogP contribution is -2.21. The molecule has 0 amide bonds. The van der Waals surface area contributed by atoms with Crippen LogP contribution in [0.4, 0.5) is 0 Å². The minimum atomic E-state index is 0.994. The average molecular weight is 240 g/mol. The Morgan fingerprint density at radius 2 is 1.88 bits per heavy atom. The van der Waals surface area contributed by atoms with Crippen LogP contribution in [-0.4, -0.2) is 37.6 Å². The van der Waals surface area contributed by atoms with Crippen molar-refractivity contribution in [1.29, 1.82) is 0 Å². The number of nitrogens with one attached hydrogen (secondary N) is 1. The standard InChI is InChI=1S/C15H32N2/c1-3-10-16-11-7-5-6-8-12-17-13-9-15(4-2)14-17/h15-16H,3-14H2,1-2H3. The summed E-state index contributed by atoms with van der Waals surface area (Å²) >= 11 is 0. The molecule has 0 saturated carbocycles. The Hall–Kier alpha value is -0.0800. The van der Waals surface area contributed by atoms with Gasteiger partial charge in [-0.15, -0.1) is 0 Å². The molecular weight excluding hydrogens is 208 g/mol. The van der Waals surface area contributed by atoms with Crippen LogP contribution < -0.4 is 5.32 Å². The van der Waals surface area contributed by atoms with Crippen LogP contribution >= 0.6 is 0 Å². The van der Waals surface area contributed by atoms with Gasteiger partial charge < -0.3 is 10.2 Å². The third-order valence-corrected chi connectivity index (χ3v) is 3.95. The maximum absolute atomic E-state index is 3.47. The summed E-state index contributed by atoms with van der Waals surface area (Å²) in [5.41, 5.74) is 0. The van der Waals surface area contributed by atoms with E-state index in [-0.39, 0.29) is 0 Å². The molecule has 1 unspecified atom stereocenters. The van der Waals surface area contributed by atoms with Crippen molar-refractivity contribution in [3.63, 3.8) is 0 Å². The summed E-state index contributed by atoms with van der Waals surface area (Å²) in [7, 11) is 0. The van der Waals surface area contributed by atoms with E-state index in [1.54, 1.807) is 0 Å². The summed E-state index contributed by atoms with van der Waals surface area (Å²) < 4.78 is 0. The molecule has 1 heterocycles. The van der Waals surface area contributed by atoms with Gasteiger partial charge in [0.1, 0.15) is 0 Å². The molecule has 1 aliphatic rings. The molecule has 0 aromatic rings.